The lowest BCUT2D eigenvalue weighted by atomic mass is 10.1. The largest absolute Gasteiger partial charge is 0.309 e. The van der Waals surface area contributed by atoms with E-state index in [9.17, 15) is 12.8 Å². The second kappa shape index (κ2) is 5.55. The molecule has 4 nitrogen and oxygen atoms in total. The number of rotatable bonds is 4. The fourth-order valence-electron chi connectivity index (χ4n) is 2.33. The van der Waals surface area contributed by atoms with E-state index in [1.165, 1.54) is 23.3 Å². The Morgan fingerprint density at radius 1 is 1.05 bits per heavy atom. The number of fused-ring (bicyclic) bond motifs is 1. The van der Waals surface area contributed by atoms with Crippen molar-refractivity contribution in [2.45, 2.75) is 24.5 Å². The highest BCUT2D eigenvalue weighted by molar-refractivity contribution is 7.89. The summed E-state index contributed by atoms with van der Waals surface area (Å²) in [5.74, 6) is -0.458. The molecule has 2 aromatic carbocycles. The van der Waals surface area contributed by atoms with Gasteiger partial charge in [-0.05, 0) is 41.0 Å². The number of hydrogen-bond acceptors (Lipinski definition) is 3. The highest BCUT2D eigenvalue weighted by atomic mass is 32.2. The minimum absolute atomic E-state index is 0.0618. The highest BCUT2D eigenvalue weighted by Crippen LogP contribution is 2.17. The Morgan fingerprint density at radius 2 is 1.76 bits per heavy atom. The van der Waals surface area contributed by atoms with Gasteiger partial charge in [0.25, 0.3) is 0 Å². The summed E-state index contributed by atoms with van der Waals surface area (Å²) in [6, 6.07) is 10.7. The minimum atomic E-state index is -3.62. The molecule has 1 heterocycles. The van der Waals surface area contributed by atoms with Crippen molar-refractivity contribution >= 4 is 10.0 Å². The maximum atomic E-state index is 12.8. The molecule has 1 aliphatic heterocycles. The van der Waals surface area contributed by atoms with Gasteiger partial charge in [-0.3, -0.25) is 0 Å². The first-order valence-corrected chi connectivity index (χ1v) is 8.09. The molecular weight excluding hydrogens is 291 g/mol. The quantitative estimate of drug-likeness (QED) is 0.907. The predicted molar refractivity (Wildman–Crippen MR) is 77.4 cm³/mol. The molecule has 0 amide bonds. The molecule has 0 unspecified atom stereocenters. The summed E-state index contributed by atoms with van der Waals surface area (Å²) >= 11 is 0. The fourth-order valence-corrected chi connectivity index (χ4v) is 3.35. The monoisotopic (exact) mass is 306 g/mol. The zero-order valence-corrected chi connectivity index (χ0v) is 12.1. The molecule has 0 radical (unpaired) electrons. The van der Waals surface area contributed by atoms with Crippen LogP contribution in [0.4, 0.5) is 4.39 Å². The van der Waals surface area contributed by atoms with Gasteiger partial charge in [-0.2, -0.15) is 0 Å². The standard InChI is InChI=1S/C15H15FN2O2S/c16-14-3-5-15(6-4-14)21(19,20)18-8-11-1-2-12-9-17-10-13(12)7-11/h1-7,17-18H,8-10H2. The van der Waals surface area contributed by atoms with E-state index in [0.717, 1.165) is 30.8 Å². The predicted octanol–water partition coefficient (Wildman–Crippen LogP) is 1.91. The summed E-state index contributed by atoms with van der Waals surface area (Å²) in [5.41, 5.74) is 3.36. The molecule has 2 N–H and O–H groups in total. The second-order valence-electron chi connectivity index (χ2n) is 4.99. The van der Waals surface area contributed by atoms with Crippen LogP contribution in [0.3, 0.4) is 0 Å². The van der Waals surface area contributed by atoms with Crippen LogP contribution in [-0.4, -0.2) is 8.42 Å². The maximum absolute atomic E-state index is 12.8. The van der Waals surface area contributed by atoms with E-state index in [-0.39, 0.29) is 11.4 Å². The molecule has 0 bridgehead atoms. The third kappa shape index (κ3) is 3.12. The minimum Gasteiger partial charge on any atom is -0.309 e. The number of halogens is 1. The Labute approximate surface area is 123 Å². The van der Waals surface area contributed by atoms with E-state index < -0.39 is 15.8 Å². The van der Waals surface area contributed by atoms with Gasteiger partial charge in [-0.1, -0.05) is 18.2 Å². The van der Waals surface area contributed by atoms with Crippen molar-refractivity contribution in [3.05, 3.63) is 65.0 Å². The topological polar surface area (TPSA) is 58.2 Å². The average Bonchev–Trinajstić information content (AvgIpc) is 2.93. The van der Waals surface area contributed by atoms with Crippen LogP contribution >= 0.6 is 0 Å². The lowest BCUT2D eigenvalue weighted by molar-refractivity contribution is 0.580. The van der Waals surface area contributed by atoms with E-state index in [0.29, 0.717) is 0 Å². The maximum Gasteiger partial charge on any atom is 0.240 e. The zero-order valence-electron chi connectivity index (χ0n) is 11.3. The van der Waals surface area contributed by atoms with Gasteiger partial charge in [-0.25, -0.2) is 17.5 Å². The summed E-state index contributed by atoms with van der Waals surface area (Å²) in [7, 11) is -3.62. The van der Waals surface area contributed by atoms with Crippen LogP contribution in [0.5, 0.6) is 0 Å². The molecule has 110 valence electrons. The summed E-state index contributed by atoms with van der Waals surface area (Å²) in [6.07, 6.45) is 0. The van der Waals surface area contributed by atoms with Gasteiger partial charge in [0.05, 0.1) is 4.90 Å². The lowest BCUT2D eigenvalue weighted by Gasteiger charge is -2.08. The van der Waals surface area contributed by atoms with Crippen molar-refractivity contribution in [3.8, 4) is 0 Å². The van der Waals surface area contributed by atoms with Crippen LogP contribution < -0.4 is 10.0 Å². The Kier molecular flexibility index (Phi) is 3.75. The SMILES string of the molecule is O=S(=O)(NCc1ccc2c(c1)CNC2)c1ccc(F)cc1. The first-order valence-electron chi connectivity index (χ1n) is 6.61. The Morgan fingerprint density at radius 3 is 2.52 bits per heavy atom. The fraction of sp³-hybridized carbons (Fsp3) is 0.200. The number of nitrogens with one attached hydrogen (secondary N) is 2. The molecular formula is C15H15FN2O2S. The molecule has 0 fully saturated rings. The summed E-state index contributed by atoms with van der Waals surface area (Å²) < 4.78 is 39.6. The third-order valence-corrected chi connectivity index (χ3v) is 4.91. The van der Waals surface area contributed by atoms with E-state index >= 15 is 0 Å². The Balaban J connectivity index is 1.73. The average molecular weight is 306 g/mol. The molecule has 0 spiro atoms. The van der Waals surface area contributed by atoms with Gasteiger partial charge in [0, 0.05) is 19.6 Å². The molecule has 0 aromatic heterocycles. The van der Waals surface area contributed by atoms with Gasteiger partial charge in [0.15, 0.2) is 0 Å². The molecule has 21 heavy (non-hydrogen) atoms. The highest BCUT2D eigenvalue weighted by Gasteiger charge is 2.15. The zero-order chi connectivity index (χ0) is 14.9. The van der Waals surface area contributed by atoms with Gasteiger partial charge < -0.3 is 5.32 Å². The second-order valence-corrected chi connectivity index (χ2v) is 6.75. The Hall–Kier alpha value is -1.76. The van der Waals surface area contributed by atoms with Crippen LogP contribution in [0, 0.1) is 5.82 Å². The van der Waals surface area contributed by atoms with E-state index in [2.05, 4.69) is 10.0 Å². The molecule has 0 saturated heterocycles. The molecule has 6 heteroatoms. The van der Waals surface area contributed by atoms with Crippen molar-refractivity contribution in [2.24, 2.45) is 0 Å². The third-order valence-electron chi connectivity index (χ3n) is 3.49. The lowest BCUT2D eigenvalue weighted by Crippen LogP contribution is -2.23. The summed E-state index contributed by atoms with van der Waals surface area (Å²) in [6.45, 7) is 1.89. The van der Waals surface area contributed by atoms with Gasteiger partial charge in [-0.15, -0.1) is 0 Å². The van der Waals surface area contributed by atoms with Gasteiger partial charge in [0.1, 0.15) is 5.82 Å². The van der Waals surface area contributed by atoms with Crippen molar-refractivity contribution in [1.82, 2.24) is 10.0 Å². The smallest absolute Gasteiger partial charge is 0.240 e. The normalized spacial score (nSPS) is 14.1. The molecule has 0 saturated carbocycles. The van der Waals surface area contributed by atoms with Crippen molar-refractivity contribution in [1.29, 1.82) is 0 Å². The van der Waals surface area contributed by atoms with Gasteiger partial charge in [0.2, 0.25) is 10.0 Å². The first kappa shape index (κ1) is 14.2. The molecule has 2 aromatic rings. The van der Waals surface area contributed by atoms with Crippen molar-refractivity contribution in [3.63, 3.8) is 0 Å². The molecule has 1 aliphatic rings. The summed E-state index contributed by atoms with van der Waals surface area (Å²) in [5, 5.41) is 3.24. The van der Waals surface area contributed by atoms with Crippen LogP contribution in [-0.2, 0) is 29.7 Å². The van der Waals surface area contributed by atoms with E-state index in [1.54, 1.807) is 0 Å². The van der Waals surface area contributed by atoms with E-state index in [1.807, 2.05) is 18.2 Å². The van der Waals surface area contributed by atoms with Crippen LogP contribution in [0.25, 0.3) is 0 Å². The number of sulfonamides is 1. The first-order chi connectivity index (χ1) is 10.0. The van der Waals surface area contributed by atoms with Crippen LogP contribution in [0.2, 0.25) is 0 Å². The van der Waals surface area contributed by atoms with Gasteiger partial charge >= 0.3 is 0 Å². The molecule has 3 rings (SSSR count). The number of benzene rings is 2. The van der Waals surface area contributed by atoms with Crippen LogP contribution in [0.15, 0.2) is 47.4 Å². The molecule has 0 atom stereocenters. The molecule has 0 aliphatic carbocycles. The van der Waals surface area contributed by atoms with E-state index in [4.69, 9.17) is 0 Å². The van der Waals surface area contributed by atoms with Crippen molar-refractivity contribution in [2.75, 3.05) is 0 Å². The van der Waals surface area contributed by atoms with Crippen LogP contribution in [0.1, 0.15) is 16.7 Å². The summed E-state index contributed by atoms with van der Waals surface area (Å²) in [4.78, 5) is 0.0618. The number of hydrogen-bond donors (Lipinski definition) is 2. The van der Waals surface area contributed by atoms with Crippen molar-refractivity contribution < 1.29 is 12.8 Å². The Bertz CT molecular complexity index is 758.